The molecule has 0 aromatic heterocycles. The molecular formula is C8H11BFNO3. The van der Waals surface area contributed by atoms with Crippen LogP contribution in [0.3, 0.4) is 0 Å². The Labute approximate surface area is 81.7 Å². The van der Waals surface area contributed by atoms with Gasteiger partial charge < -0.3 is 19.6 Å². The highest BCUT2D eigenvalue weighted by Gasteiger charge is 2.13. The minimum atomic E-state index is -1.89. The summed E-state index contributed by atoms with van der Waals surface area (Å²) in [7, 11) is 1.46. The molecule has 0 amide bonds. The van der Waals surface area contributed by atoms with E-state index in [0.717, 1.165) is 0 Å². The molecule has 0 heterocycles. The van der Waals surface area contributed by atoms with Crippen LogP contribution in [0.4, 0.5) is 10.1 Å². The van der Waals surface area contributed by atoms with Crippen LogP contribution < -0.4 is 9.55 Å². The van der Waals surface area contributed by atoms with Crippen LogP contribution in [0, 0.1) is 5.82 Å². The van der Waals surface area contributed by atoms with Gasteiger partial charge in [0.15, 0.2) is 0 Å². The Morgan fingerprint density at radius 2 is 2.00 bits per heavy atom. The van der Waals surface area contributed by atoms with Crippen molar-refractivity contribution in [1.29, 1.82) is 0 Å². The van der Waals surface area contributed by atoms with E-state index in [-0.39, 0.29) is 5.75 Å². The van der Waals surface area contributed by atoms with E-state index in [9.17, 15) is 4.39 Å². The van der Waals surface area contributed by atoms with Crippen LogP contribution in [0.15, 0.2) is 18.2 Å². The number of rotatable bonds is 3. The van der Waals surface area contributed by atoms with Crippen molar-refractivity contribution in [3.05, 3.63) is 24.0 Å². The van der Waals surface area contributed by atoms with Gasteiger partial charge in [-0.1, -0.05) is 0 Å². The second-order valence-corrected chi connectivity index (χ2v) is 2.95. The summed E-state index contributed by atoms with van der Waals surface area (Å²) in [6, 6.07) is 3.91. The molecule has 4 nitrogen and oxygen atoms in total. The van der Waals surface area contributed by atoms with Gasteiger partial charge in [0.05, 0.1) is 5.69 Å². The Hall–Kier alpha value is -1.27. The Balaban J connectivity index is 2.94. The van der Waals surface area contributed by atoms with Crippen molar-refractivity contribution < 1.29 is 19.1 Å². The molecule has 2 N–H and O–H groups in total. The summed E-state index contributed by atoms with van der Waals surface area (Å²) in [6.45, 7) is 0. The number of hydrogen-bond acceptors (Lipinski definition) is 4. The lowest BCUT2D eigenvalue weighted by Gasteiger charge is -2.15. The lowest BCUT2D eigenvalue weighted by Crippen LogP contribution is -2.21. The molecule has 0 radical (unpaired) electrons. The van der Waals surface area contributed by atoms with Crippen molar-refractivity contribution >= 4 is 13.0 Å². The van der Waals surface area contributed by atoms with Gasteiger partial charge in [-0.3, -0.25) is 0 Å². The van der Waals surface area contributed by atoms with Gasteiger partial charge in [0, 0.05) is 20.2 Å². The average molecular weight is 199 g/mol. The first-order valence-electron chi connectivity index (χ1n) is 4.00. The van der Waals surface area contributed by atoms with Crippen LogP contribution in [0.2, 0.25) is 0 Å². The van der Waals surface area contributed by atoms with E-state index in [0.29, 0.717) is 5.69 Å². The highest BCUT2D eigenvalue weighted by molar-refractivity contribution is 6.33. The minimum Gasteiger partial charge on any atom is -0.512 e. The molecule has 1 aromatic rings. The molecule has 0 saturated carbocycles. The second kappa shape index (κ2) is 4.30. The maximum atomic E-state index is 13.1. The molecule has 0 aliphatic heterocycles. The van der Waals surface area contributed by atoms with E-state index in [1.807, 2.05) is 0 Å². The zero-order valence-electron chi connectivity index (χ0n) is 7.94. The van der Waals surface area contributed by atoms with Crippen molar-refractivity contribution in [3.63, 3.8) is 0 Å². The molecule has 0 aliphatic carbocycles. The molecular weight excluding hydrogens is 188 g/mol. The Bertz CT molecular complexity index is 319. The first kappa shape index (κ1) is 10.8. The zero-order valence-corrected chi connectivity index (χ0v) is 7.94. The molecule has 0 aliphatic rings. The molecule has 0 spiro atoms. The molecule has 0 fully saturated rings. The molecule has 6 heteroatoms. The fourth-order valence-electron chi connectivity index (χ4n) is 1.03. The van der Waals surface area contributed by atoms with Gasteiger partial charge in [0.25, 0.3) is 0 Å². The van der Waals surface area contributed by atoms with E-state index in [4.69, 9.17) is 10.0 Å². The quantitative estimate of drug-likeness (QED) is 0.684. The van der Waals surface area contributed by atoms with Crippen LogP contribution in [0.1, 0.15) is 0 Å². The smallest absolute Gasteiger partial charge is 0.512 e. The SMILES string of the molecule is CN(C)c1cc(OB(O)O)ccc1F. The van der Waals surface area contributed by atoms with Crippen molar-refractivity contribution in [2.75, 3.05) is 19.0 Å². The van der Waals surface area contributed by atoms with Gasteiger partial charge in [0.1, 0.15) is 11.6 Å². The van der Waals surface area contributed by atoms with E-state index in [2.05, 4.69) is 4.65 Å². The van der Waals surface area contributed by atoms with Crippen LogP contribution in [-0.4, -0.2) is 31.5 Å². The van der Waals surface area contributed by atoms with Gasteiger partial charge >= 0.3 is 7.32 Å². The third-order valence-electron chi connectivity index (χ3n) is 1.64. The highest BCUT2D eigenvalue weighted by Crippen LogP contribution is 2.23. The zero-order chi connectivity index (χ0) is 10.7. The summed E-state index contributed by atoms with van der Waals surface area (Å²) in [5, 5.41) is 17.1. The number of hydrogen-bond donors (Lipinski definition) is 2. The fourth-order valence-corrected chi connectivity index (χ4v) is 1.03. The topological polar surface area (TPSA) is 52.9 Å². The van der Waals surface area contributed by atoms with Crippen LogP contribution in [0.5, 0.6) is 5.75 Å². The largest absolute Gasteiger partial charge is 0.707 e. The minimum absolute atomic E-state index is 0.199. The molecule has 1 rings (SSSR count). The van der Waals surface area contributed by atoms with Crippen molar-refractivity contribution in [2.45, 2.75) is 0 Å². The maximum absolute atomic E-state index is 13.1. The molecule has 0 bridgehead atoms. The number of benzene rings is 1. The summed E-state index contributed by atoms with van der Waals surface area (Å²) >= 11 is 0. The van der Waals surface area contributed by atoms with E-state index >= 15 is 0 Å². The molecule has 1 aromatic carbocycles. The summed E-state index contributed by atoms with van der Waals surface area (Å²) < 4.78 is 17.7. The predicted octanol–water partition coefficient (Wildman–Crippen LogP) is 0.240. The summed E-state index contributed by atoms with van der Waals surface area (Å²) in [6.07, 6.45) is 0. The monoisotopic (exact) mass is 199 g/mol. The first-order valence-corrected chi connectivity index (χ1v) is 4.00. The third kappa shape index (κ3) is 2.61. The second-order valence-electron chi connectivity index (χ2n) is 2.95. The van der Waals surface area contributed by atoms with Gasteiger partial charge in [-0.05, 0) is 12.1 Å². The standard InChI is InChI=1S/C8H11BFNO3/c1-11(2)8-5-6(14-9(12)13)3-4-7(8)10/h3-5,12-13H,1-2H3. The predicted molar refractivity (Wildman–Crippen MR) is 51.5 cm³/mol. The number of halogens is 1. The molecule has 0 unspecified atom stereocenters. The average Bonchev–Trinajstić information content (AvgIpc) is 2.07. The van der Waals surface area contributed by atoms with Crippen molar-refractivity contribution in [3.8, 4) is 5.75 Å². The maximum Gasteiger partial charge on any atom is 0.707 e. The number of anilines is 1. The van der Waals surface area contributed by atoms with E-state index in [1.165, 1.54) is 18.2 Å². The Morgan fingerprint density at radius 1 is 1.36 bits per heavy atom. The van der Waals surface area contributed by atoms with Crippen molar-refractivity contribution in [2.24, 2.45) is 0 Å². The molecule has 76 valence electrons. The Kier molecular flexibility index (Phi) is 3.32. The summed E-state index contributed by atoms with van der Waals surface area (Å²) in [5.41, 5.74) is 0.322. The van der Waals surface area contributed by atoms with Crippen LogP contribution in [-0.2, 0) is 0 Å². The summed E-state index contributed by atoms with van der Waals surface area (Å²) in [5.74, 6) is -0.195. The fraction of sp³-hybridized carbons (Fsp3) is 0.250. The molecule has 14 heavy (non-hydrogen) atoms. The Morgan fingerprint density at radius 3 is 2.50 bits per heavy atom. The van der Waals surface area contributed by atoms with Crippen LogP contribution >= 0.6 is 0 Å². The van der Waals surface area contributed by atoms with Gasteiger partial charge in [-0.15, -0.1) is 0 Å². The van der Waals surface area contributed by atoms with E-state index in [1.54, 1.807) is 19.0 Å². The number of nitrogens with zero attached hydrogens (tertiary/aromatic N) is 1. The normalized spacial score (nSPS) is 9.79. The van der Waals surface area contributed by atoms with E-state index < -0.39 is 13.1 Å². The lowest BCUT2D eigenvalue weighted by molar-refractivity contribution is 0.288. The van der Waals surface area contributed by atoms with Crippen molar-refractivity contribution in [1.82, 2.24) is 0 Å². The highest BCUT2D eigenvalue weighted by atomic mass is 19.1. The lowest BCUT2D eigenvalue weighted by atomic mass is 10.2. The van der Waals surface area contributed by atoms with Crippen LogP contribution in [0.25, 0.3) is 0 Å². The first-order chi connectivity index (χ1) is 6.50. The van der Waals surface area contributed by atoms with Gasteiger partial charge in [0.2, 0.25) is 0 Å². The van der Waals surface area contributed by atoms with Gasteiger partial charge in [-0.2, -0.15) is 0 Å². The molecule has 0 saturated heterocycles. The third-order valence-corrected chi connectivity index (χ3v) is 1.64. The van der Waals surface area contributed by atoms with Gasteiger partial charge in [-0.25, -0.2) is 4.39 Å². The molecule has 0 atom stereocenters. The summed E-state index contributed by atoms with van der Waals surface area (Å²) in [4.78, 5) is 1.56.